The summed E-state index contributed by atoms with van der Waals surface area (Å²) >= 11 is 0. The molecule has 4 rings (SSSR count). The summed E-state index contributed by atoms with van der Waals surface area (Å²) in [6.07, 6.45) is -7.34. The molecule has 0 radical (unpaired) electrons. The fraction of sp³-hybridized carbons (Fsp3) is 0.283. The van der Waals surface area contributed by atoms with Gasteiger partial charge in [0.25, 0.3) is 20.4 Å². The molecule has 35 heteroatoms. The van der Waals surface area contributed by atoms with Crippen molar-refractivity contribution in [2.24, 2.45) is 32.9 Å². The van der Waals surface area contributed by atoms with Crippen LogP contribution in [0.1, 0.15) is 44.7 Å². The second-order valence-corrected chi connectivity index (χ2v) is 19.5. The number of nitrogens with one attached hydrogen (secondary N) is 2. The number of hydrogen-bond donors (Lipinski definition) is 11. The van der Waals surface area contributed by atoms with Crippen molar-refractivity contribution in [3.63, 3.8) is 0 Å². The number of carboxylic acids is 5. The third-order valence-corrected chi connectivity index (χ3v) is 13.2. The summed E-state index contributed by atoms with van der Waals surface area (Å²) in [6, 6.07) is 18.6. The van der Waals surface area contributed by atoms with Crippen molar-refractivity contribution in [2.75, 3.05) is 39.5 Å². The number of rotatable bonds is 31. The van der Waals surface area contributed by atoms with Crippen molar-refractivity contribution in [1.29, 1.82) is 0 Å². The van der Waals surface area contributed by atoms with Gasteiger partial charge in [-0.15, -0.1) is 0 Å². The highest BCUT2D eigenvalue weighted by molar-refractivity contribution is 7.87. The number of guanidine groups is 2. The molecule has 0 aliphatic heterocycles. The number of carbonyl (C=O) groups is 7. The number of hydrogen-bond acceptors (Lipinski definition) is 17. The second-order valence-electron chi connectivity index (χ2n) is 16.0. The predicted octanol–water partition coefficient (Wildman–Crippen LogP) is 0.430. The van der Waals surface area contributed by atoms with Gasteiger partial charge in [-0.25, -0.2) is 24.4 Å². The lowest BCUT2D eigenvalue weighted by molar-refractivity contribution is -0.192. The number of carbonyl (C=O) groups excluding carboxylic acids is 2. The highest BCUT2D eigenvalue weighted by Gasteiger charge is 2.39. The number of benzene rings is 4. The van der Waals surface area contributed by atoms with Gasteiger partial charge < -0.3 is 67.4 Å². The molecule has 0 aromatic heterocycles. The van der Waals surface area contributed by atoms with E-state index >= 15 is 0 Å². The summed E-state index contributed by atoms with van der Waals surface area (Å²) in [5, 5.41) is 45.5. The van der Waals surface area contributed by atoms with E-state index in [9.17, 15) is 79.2 Å². The van der Waals surface area contributed by atoms with E-state index in [1.54, 1.807) is 0 Å². The van der Waals surface area contributed by atoms with Crippen LogP contribution >= 0.6 is 0 Å². The third kappa shape index (κ3) is 23.6. The fourth-order valence-electron chi connectivity index (χ4n) is 6.31. The average Bonchev–Trinajstić information content (AvgIpc) is 3.43. The smallest absolute Gasteiger partial charge is 0.481 e. The molecule has 30 nitrogen and oxygen atoms in total. The highest BCUT2D eigenvalue weighted by atomic mass is 32.2. The number of alkyl halides is 3. The molecule has 2 unspecified atom stereocenters. The molecule has 4 aromatic carbocycles. The maximum atomic E-state index is 13.5. The Hall–Kier alpha value is -8.84. The zero-order valence-electron chi connectivity index (χ0n) is 41.9. The minimum absolute atomic E-state index is 0.0950. The van der Waals surface area contributed by atoms with Gasteiger partial charge in [-0.2, -0.15) is 48.1 Å². The number of nitrogens with zero attached hydrogens (tertiary/aromatic N) is 4. The molecular weight excluding hydrogens is 1130 g/mol. The van der Waals surface area contributed by atoms with Crippen LogP contribution in [0.4, 0.5) is 24.5 Å². The van der Waals surface area contributed by atoms with Gasteiger partial charge in [0.1, 0.15) is 23.6 Å². The molecule has 15 N–H and O–H groups in total. The van der Waals surface area contributed by atoms with Crippen LogP contribution in [-0.2, 0) is 67.0 Å². The zero-order valence-corrected chi connectivity index (χ0v) is 43.5. The Balaban J connectivity index is 0.00000230. The normalized spacial score (nSPS) is 12.2. The van der Waals surface area contributed by atoms with Crippen LogP contribution in [0.15, 0.2) is 107 Å². The number of nitrogens with two attached hydrogens (primary N) is 4. The number of esters is 2. The van der Waals surface area contributed by atoms with Crippen molar-refractivity contribution in [2.45, 2.75) is 44.2 Å². The maximum Gasteiger partial charge on any atom is 0.490 e. The van der Waals surface area contributed by atoms with Gasteiger partial charge in [0.05, 0.1) is 61.8 Å². The van der Waals surface area contributed by atoms with Crippen molar-refractivity contribution in [3.8, 4) is 11.5 Å². The van der Waals surface area contributed by atoms with E-state index < -0.39 is 133 Å². The van der Waals surface area contributed by atoms with Crippen molar-refractivity contribution in [1.82, 2.24) is 18.1 Å². The predicted molar refractivity (Wildman–Crippen MR) is 274 cm³/mol. The van der Waals surface area contributed by atoms with Crippen LogP contribution in [0.25, 0.3) is 0 Å². The van der Waals surface area contributed by atoms with Crippen LogP contribution < -0.4 is 41.9 Å². The third-order valence-electron chi connectivity index (χ3n) is 10.1. The molecular formula is C46H53F3N10O20S2. The molecule has 0 saturated heterocycles. The van der Waals surface area contributed by atoms with Crippen molar-refractivity contribution >= 4 is 85.5 Å². The lowest BCUT2D eigenvalue weighted by atomic mass is 10.2. The quantitative estimate of drug-likeness (QED) is 0.0107. The molecule has 0 aliphatic carbocycles. The van der Waals surface area contributed by atoms with E-state index in [1.807, 2.05) is 0 Å². The van der Waals surface area contributed by atoms with E-state index in [0.717, 1.165) is 0 Å². The van der Waals surface area contributed by atoms with Gasteiger partial charge in [0.2, 0.25) is 0 Å². The van der Waals surface area contributed by atoms with Crippen LogP contribution in [-0.4, -0.2) is 162 Å². The monoisotopic (exact) mass is 1190 g/mol. The summed E-state index contributed by atoms with van der Waals surface area (Å²) < 4.78 is 112. The summed E-state index contributed by atoms with van der Waals surface area (Å²) in [7, 11) is -9.49. The SMILES string of the molecule is NC(N)=Nc1ccc(C(=O)Oc2ccc(CNS(=O)(=O)N(CCOCCOCCN(C(CC(=O)O)C(=O)O)S(=O)(=O)NCc3ccc(OC(=O)c4ccc(N=C(N)N)cc4)cc3)C(CC(=O)O)C(=O)O)cc2)cc1.O=C(O)C(F)(F)F. The fourth-order valence-corrected chi connectivity index (χ4v) is 8.97. The van der Waals surface area contributed by atoms with Gasteiger partial charge >= 0.3 is 48.0 Å². The van der Waals surface area contributed by atoms with Gasteiger partial charge in [0, 0.05) is 26.2 Å². The molecule has 440 valence electrons. The van der Waals surface area contributed by atoms with Gasteiger partial charge in [-0.05, 0) is 83.9 Å². The van der Waals surface area contributed by atoms with E-state index in [4.69, 9.17) is 51.8 Å². The first-order valence-corrected chi connectivity index (χ1v) is 25.7. The van der Waals surface area contributed by atoms with Crippen molar-refractivity contribution in [3.05, 3.63) is 119 Å². The van der Waals surface area contributed by atoms with E-state index in [0.29, 0.717) is 31.1 Å². The number of aliphatic carboxylic acids is 5. The van der Waals surface area contributed by atoms with E-state index in [2.05, 4.69) is 19.4 Å². The molecule has 0 fully saturated rings. The average molecular weight is 1190 g/mol. The Morgan fingerprint density at radius 3 is 1.09 bits per heavy atom. The van der Waals surface area contributed by atoms with Crippen LogP contribution in [0.3, 0.4) is 0 Å². The van der Waals surface area contributed by atoms with Crippen LogP contribution in [0.5, 0.6) is 11.5 Å². The highest BCUT2D eigenvalue weighted by Crippen LogP contribution is 2.21. The molecule has 0 bridgehead atoms. The molecule has 0 spiro atoms. The Morgan fingerprint density at radius 2 is 0.827 bits per heavy atom. The number of ether oxygens (including phenoxy) is 4. The van der Waals surface area contributed by atoms with Gasteiger partial charge in [0.15, 0.2) is 11.9 Å². The van der Waals surface area contributed by atoms with E-state index in [-0.39, 0.29) is 47.8 Å². The van der Waals surface area contributed by atoms with Gasteiger partial charge in [-0.1, -0.05) is 24.3 Å². The molecule has 2 atom stereocenters. The van der Waals surface area contributed by atoms with Crippen LogP contribution in [0.2, 0.25) is 0 Å². The Bertz CT molecular complexity index is 2910. The second kappa shape index (κ2) is 31.1. The largest absolute Gasteiger partial charge is 0.490 e. The molecule has 81 heavy (non-hydrogen) atoms. The first-order chi connectivity index (χ1) is 37.9. The first kappa shape index (κ1) is 66.4. The minimum atomic E-state index is -5.08. The van der Waals surface area contributed by atoms with Crippen molar-refractivity contribution < 1.29 is 108 Å². The number of aliphatic imine (C=N–C) groups is 2. The number of carboxylic acid groups (broad SMARTS) is 5. The Morgan fingerprint density at radius 1 is 0.519 bits per heavy atom. The molecule has 4 aromatic rings. The van der Waals surface area contributed by atoms with Gasteiger partial charge in [-0.3, -0.25) is 19.2 Å². The van der Waals surface area contributed by atoms with E-state index in [1.165, 1.54) is 97.1 Å². The molecule has 0 heterocycles. The summed E-state index contributed by atoms with van der Waals surface area (Å²) in [5.74, 6) is -11.2. The Kier molecular flexibility index (Phi) is 25.5. The summed E-state index contributed by atoms with van der Waals surface area (Å²) in [4.78, 5) is 89.2. The first-order valence-electron chi connectivity index (χ1n) is 22.8. The Labute approximate surface area is 457 Å². The summed E-state index contributed by atoms with van der Waals surface area (Å²) in [6.45, 7) is -3.85. The molecule has 0 aliphatic rings. The lowest BCUT2D eigenvalue weighted by Gasteiger charge is -2.27. The number of halogens is 3. The minimum Gasteiger partial charge on any atom is -0.481 e. The topological polar surface area (TPSA) is 485 Å². The molecule has 0 saturated carbocycles. The maximum absolute atomic E-state index is 13.5. The summed E-state index contributed by atoms with van der Waals surface area (Å²) in [5.41, 5.74) is 23.2. The van der Waals surface area contributed by atoms with Crippen LogP contribution in [0, 0.1) is 0 Å². The lowest BCUT2D eigenvalue weighted by Crippen LogP contribution is -2.52. The zero-order chi connectivity index (χ0) is 60.7. The standard InChI is InChI=1S/C44H52N10O18S2.C2HF3O2/c45-43(46)51-31-9-5-29(6-10-31)41(63)71-33-13-1-27(2-14-33)25-49-73(65,66)53(35(39(59)60)23-37(55)56)17-19-69-21-22-70-20-18-54(36(40(61)62)24-38(57)58)74(67,68)50-26-28-3-15-34(16-4-28)72-42(64)30-7-11-32(12-8-30)52-44(47)48;3-2(4,5)1(6)7/h1-16,35-36,49-50H,17-26H2,(H,55,56)(H,57,58)(H,59,60)(H,61,62)(H4,45,46,51)(H4,47,48,52);(H,6,7). The molecule has 0 amide bonds.